The lowest BCUT2D eigenvalue weighted by Gasteiger charge is -2.14. The summed E-state index contributed by atoms with van der Waals surface area (Å²) in [5.74, 6) is 0. The van der Waals surface area contributed by atoms with Crippen molar-refractivity contribution in [2.45, 2.75) is 24.9 Å². The average molecular weight is 307 g/mol. The van der Waals surface area contributed by atoms with E-state index in [0.717, 1.165) is 0 Å². The lowest BCUT2D eigenvalue weighted by molar-refractivity contribution is -0.0459. The van der Waals surface area contributed by atoms with Gasteiger partial charge < -0.3 is 14.9 Å². The molecule has 3 atom stereocenters. The Labute approximate surface area is 104 Å². The van der Waals surface area contributed by atoms with Gasteiger partial charge in [-0.1, -0.05) is 0 Å². The molecule has 1 saturated heterocycles. The maximum absolute atomic E-state index is 11.5. The van der Waals surface area contributed by atoms with Gasteiger partial charge >= 0.3 is 5.69 Å². The van der Waals surface area contributed by atoms with E-state index in [4.69, 9.17) is 9.84 Å². The number of hydrogen-bond donors (Lipinski definition) is 3. The topological polar surface area (TPSA) is 105 Å². The van der Waals surface area contributed by atoms with Crippen molar-refractivity contribution in [1.29, 1.82) is 0 Å². The molecule has 8 heteroatoms. The van der Waals surface area contributed by atoms with Gasteiger partial charge in [-0.05, 0) is 15.9 Å². The quantitative estimate of drug-likeness (QED) is 0.646. The minimum absolute atomic E-state index is 0.184. The first-order valence-corrected chi connectivity index (χ1v) is 5.77. The smallest absolute Gasteiger partial charge is 0.330 e. The molecule has 7 nitrogen and oxygen atoms in total. The Hall–Kier alpha value is -0.960. The molecule has 1 aromatic heterocycles. The predicted octanol–water partition coefficient (Wildman–Crippen LogP) is -1.06. The van der Waals surface area contributed by atoms with Crippen LogP contribution in [-0.4, -0.2) is 38.6 Å². The summed E-state index contributed by atoms with van der Waals surface area (Å²) in [6.45, 7) is -0.322. The largest absolute Gasteiger partial charge is 0.394 e. The minimum atomic E-state index is -0.831. The van der Waals surface area contributed by atoms with Crippen LogP contribution in [0.4, 0.5) is 0 Å². The fourth-order valence-electron chi connectivity index (χ4n) is 1.72. The lowest BCUT2D eigenvalue weighted by atomic mass is 10.2. The third-order valence-corrected chi connectivity index (χ3v) is 3.18. The van der Waals surface area contributed by atoms with Crippen LogP contribution in [0, 0.1) is 0 Å². The van der Waals surface area contributed by atoms with E-state index >= 15 is 0 Å². The van der Waals surface area contributed by atoms with Gasteiger partial charge in [-0.25, -0.2) is 4.79 Å². The van der Waals surface area contributed by atoms with Crippen LogP contribution < -0.4 is 11.2 Å². The number of ether oxygens (including phenoxy) is 1. The summed E-state index contributed by atoms with van der Waals surface area (Å²) in [6.07, 6.45) is -0.745. The van der Waals surface area contributed by atoms with Crippen molar-refractivity contribution in [3.63, 3.8) is 0 Å². The molecule has 94 valence electrons. The Kier molecular flexibility index (Phi) is 3.48. The molecule has 17 heavy (non-hydrogen) atoms. The molecule has 0 amide bonds. The first kappa shape index (κ1) is 12.5. The van der Waals surface area contributed by atoms with Crippen LogP contribution in [0.15, 0.2) is 20.3 Å². The predicted molar refractivity (Wildman–Crippen MR) is 60.6 cm³/mol. The number of hydrogen-bond acceptors (Lipinski definition) is 5. The molecule has 0 aromatic carbocycles. The van der Waals surface area contributed by atoms with Crippen LogP contribution in [0.25, 0.3) is 0 Å². The highest BCUT2D eigenvalue weighted by Crippen LogP contribution is 2.27. The first-order valence-electron chi connectivity index (χ1n) is 4.98. The molecule has 1 aliphatic heterocycles. The molecule has 2 heterocycles. The second-order valence-electron chi connectivity index (χ2n) is 3.76. The highest BCUT2D eigenvalue weighted by molar-refractivity contribution is 9.10. The van der Waals surface area contributed by atoms with Crippen LogP contribution in [0.5, 0.6) is 0 Å². The van der Waals surface area contributed by atoms with Crippen molar-refractivity contribution in [3.05, 3.63) is 31.5 Å². The van der Waals surface area contributed by atoms with Gasteiger partial charge in [0.1, 0.15) is 12.3 Å². The standard InChI is InChI=1S/C9H11BrN2O5/c10-4-2-12(9(16)11-8(4)15)7-1-5(14)6(3-13)17-7/h2,5-7,13-14H,1,3H2,(H,11,15,16)/t5-,6-,7+/m1/s1. The summed E-state index contributed by atoms with van der Waals surface area (Å²) in [5.41, 5.74) is -1.14. The number of aliphatic hydroxyl groups is 2. The third-order valence-electron chi connectivity index (χ3n) is 2.62. The van der Waals surface area contributed by atoms with Crippen molar-refractivity contribution < 1.29 is 14.9 Å². The number of halogens is 1. The summed E-state index contributed by atoms with van der Waals surface area (Å²) in [7, 11) is 0. The zero-order valence-electron chi connectivity index (χ0n) is 8.67. The molecular weight excluding hydrogens is 296 g/mol. The molecule has 1 aromatic rings. The lowest BCUT2D eigenvalue weighted by Crippen LogP contribution is -2.32. The molecule has 3 N–H and O–H groups in total. The maximum Gasteiger partial charge on any atom is 0.330 e. The zero-order chi connectivity index (χ0) is 12.6. The number of nitrogens with one attached hydrogen (secondary N) is 1. The molecule has 0 spiro atoms. The van der Waals surface area contributed by atoms with Crippen LogP contribution in [-0.2, 0) is 4.74 Å². The maximum atomic E-state index is 11.5. The Morgan fingerprint density at radius 1 is 1.59 bits per heavy atom. The van der Waals surface area contributed by atoms with E-state index in [9.17, 15) is 14.7 Å². The van der Waals surface area contributed by atoms with Crippen LogP contribution in [0.3, 0.4) is 0 Å². The first-order chi connectivity index (χ1) is 8.02. The van der Waals surface area contributed by atoms with Gasteiger partial charge in [0.05, 0.1) is 17.2 Å². The fraction of sp³-hybridized carbons (Fsp3) is 0.556. The van der Waals surface area contributed by atoms with Gasteiger partial charge in [0.25, 0.3) is 5.56 Å². The number of H-pyrrole nitrogens is 1. The Bertz CT molecular complexity index is 525. The highest BCUT2D eigenvalue weighted by Gasteiger charge is 2.35. The van der Waals surface area contributed by atoms with Crippen LogP contribution >= 0.6 is 15.9 Å². The molecule has 0 unspecified atom stereocenters. The van der Waals surface area contributed by atoms with Crippen molar-refractivity contribution in [2.75, 3.05) is 6.61 Å². The Morgan fingerprint density at radius 3 is 2.88 bits per heavy atom. The summed E-state index contributed by atoms with van der Waals surface area (Å²) in [4.78, 5) is 24.8. The molecule has 1 aliphatic rings. The van der Waals surface area contributed by atoms with E-state index < -0.39 is 29.7 Å². The fourth-order valence-corrected chi connectivity index (χ4v) is 2.04. The Balaban J connectivity index is 2.34. The summed E-state index contributed by atoms with van der Waals surface area (Å²) in [6, 6.07) is 0. The van der Waals surface area contributed by atoms with E-state index in [1.165, 1.54) is 10.8 Å². The number of aromatic amines is 1. The van der Waals surface area contributed by atoms with Crippen molar-refractivity contribution in [1.82, 2.24) is 9.55 Å². The van der Waals surface area contributed by atoms with Crippen molar-refractivity contribution in [3.8, 4) is 0 Å². The van der Waals surface area contributed by atoms with E-state index in [2.05, 4.69) is 20.9 Å². The SMILES string of the molecule is O=c1[nH]c(=O)n([C@@H]2C[C@@H](O)[C@@H](CO)O2)cc1Br. The third kappa shape index (κ3) is 2.34. The molecule has 2 rings (SSSR count). The van der Waals surface area contributed by atoms with Crippen LogP contribution in [0.1, 0.15) is 12.6 Å². The molecule has 0 saturated carbocycles. The van der Waals surface area contributed by atoms with E-state index in [1.54, 1.807) is 0 Å². The monoisotopic (exact) mass is 306 g/mol. The molecule has 0 radical (unpaired) electrons. The van der Waals surface area contributed by atoms with Gasteiger partial charge in [-0.2, -0.15) is 0 Å². The van der Waals surface area contributed by atoms with E-state index in [0.29, 0.717) is 0 Å². The molecule has 0 bridgehead atoms. The minimum Gasteiger partial charge on any atom is -0.394 e. The average Bonchev–Trinajstić information content (AvgIpc) is 2.65. The van der Waals surface area contributed by atoms with Gasteiger partial charge in [0.2, 0.25) is 0 Å². The van der Waals surface area contributed by atoms with Crippen LogP contribution in [0.2, 0.25) is 0 Å². The number of aromatic nitrogens is 2. The van der Waals surface area contributed by atoms with Crippen molar-refractivity contribution in [2.24, 2.45) is 0 Å². The normalized spacial score (nSPS) is 28.5. The van der Waals surface area contributed by atoms with Crippen molar-refractivity contribution >= 4 is 15.9 Å². The number of rotatable bonds is 2. The Morgan fingerprint density at radius 2 is 2.29 bits per heavy atom. The van der Waals surface area contributed by atoms with E-state index in [1.807, 2.05) is 0 Å². The zero-order valence-corrected chi connectivity index (χ0v) is 10.3. The van der Waals surface area contributed by atoms with E-state index in [-0.39, 0.29) is 17.5 Å². The van der Waals surface area contributed by atoms with Gasteiger partial charge in [0.15, 0.2) is 0 Å². The second-order valence-corrected chi connectivity index (χ2v) is 4.61. The summed E-state index contributed by atoms with van der Waals surface area (Å²) >= 11 is 3.00. The summed E-state index contributed by atoms with van der Waals surface area (Å²) in [5, 5.41) is 18.5. The van der Waals surface area contributed by atoms with Gasteiger partial charge in [-0.15, -0.1) is 0 Å². The molecule has 1 fully saturated rings. The molecular formula is C9H11BrN2O5. The number of aliphatic hydroxyl groups excluding tert-OH is 2. The highest BCUT2D eigenvalue weighted by atomic mass is 79.9. The number of nitrogens with zero attached hydrogens (tertiary/aromatic N) is 1. The van der Waals surface area contributed by atoms with Gasteiger partial charge in [-0.3, -0.25) is 14.3 Å². The summed E-state index contributed by atoms with van der Waals surface area (Å²) < 4.78 is 6.67. The molecule has 0 aliphatic carbocycles. The second kappa shape index (κ2) is 4.73. The van der Waals surface area contributed by atoms with Gasteiger partial charge in [0, 0.05) is 12.6 Å².